The second-order valence-corrected chi connectivity index (χ2v) is 8.10. The third-order valence-corrected chi connectivity index (χ3v) is 6.17. The summed E-state index contributed by atoms with van der Waals surface area (Å²) in [6, 6.07) is 4.14. The highest BCUT2D eigenvalue weighted by Crippen LogP contribution is 2.22. The molecule has 1 aromatic heterocycles. The van der Waals surface area contributed by atoms with E-state index < -0.39 is 0 Å². The molecular formula is C22H34N4O3. The summed E-state index contributed by atoms with van der Waals surface area (Å²) >= 11 is 0. The third kappa shape index (κ3) is 6.70. The van der Waals surface area contributed by atoms with Crippen LogP contribution in [-0.2, 0) is 14.3 Å². The van der Waals surface area contributed by atoms with Crippen molar-refractivity contribution in [3.63, 3.8) is 0 Å². The maximum absolute atomic E-state index is 12.4. The number of methoxy groups -OCH3 is 1. The summed E-state index contributed by atoms with van der Waals surface area (Å²) in [6.45, 7) is 6.86. The Morgan fingerprint density at radius 1 is 1.03 bits per heavy atom. The van der Waals surface area contributed by atoms with Crippen molar-refractivity contribution in [3.8, 4) is 0 Å². The number of unbranched alkanes of at least 4 members (excludes halogenated alkanes) is 1. The van der Waals surface area contributed by atoms with Crippen molar-refractivity contribution in [2.24, 2.45) is 5.92 Å². The number of anilines is 1. The molecule has 29 heavy (non-hydrogen) atoms. The third-order valence-electron chi connectivity index (χ3n) is 6.17. The summed E-state index contributed by atoms with van der Waals surface area (Å²) in [5.74, 6) is 0.484. The highest BCUT2D eigenvalue weighted by atomic mass is 16.5. The number of nitrogens with zero attached hydrogens (tertiary/aromatic N) is 4. The Labute approximate surface area is 174 Å². The van der Waals surface area contributed by atoms with Crippen LogP contribution in [-0.4, -0.2) is 79.6 Å². The SMILES string of the molecule is COC(=O)CC1CCN(C(=O)CCCCN2CCN(c3ccncc3)CC2)CC1. The van der Waals surface area contributed by atoms with Crippen molar-refractivity contribution in [1.82, 2.24) is 14.8 Å². The van der Waals surface area contributed by atoms with E-state index in [1.54, 1.807) is 0 Å². The fraction of sp³-hybridized carbons (Fsp3) is 0.682. The normalized spacial score (nSPS) is 18.7. The van der Waals surface area contributed by atoms with Gasteiger partial charge in [0.15, 0.2) is 0 Å². The zero-order valence-electron chi connectivity index (χ0n) is 17.6. The van der Waals surface area contributed by atoms with Crippen LogP contribution in [0.15, 0.2) is 24.5 Å². The fourth-order valence-corrected chi connectivity index (χ4v) is 4.26. The van der Waals surface area contributed by atoms with Gasteiger partial charge in [0.2, 0.25) is 5.91 Å². The molecule has 0 unspecified atom stereocenters. The molecule has 2 saturated heterocycles. The van der Waals surface area contributed by atoms with Crippen molar-refractivity contribution in [2.45, 2.75) is 38.5 Å². The number of rotatable bonds is 8. The predicted molar refractivity (Wildman–Crippen MR) is 113 cm³/mol. The molecule has 160 valence electrons. The first-order valence-corrected chi connectivity index (χ1v) is 10.9. The van der Waals surface area contributed by atoms with Crippen molar-refractivity contribution in [2.75, 3.05) is 57.8 Å². The Balaban J connectivity index is 1.26. The number of esters is 1. The molecule has 1 aromatic rings. The lowest BCUT2D eigenvalue weighted by atomic mass is 9.93. The number of pyridine rings is 1. The van der Waals surface area contributed by atoms with Gasteiger partial charge in [0.25, 0.3) is 0 Å². The van der Waals surface area contributed by atoms with Gasteiger partial charge >= 0.3 is 5.97 Å². The summed E-state index contributed by atoms with van der Waals surface area (Å²) in [5.41, 5.74) is 1.25. The summed E-state index contributed by atoms with van der Waals surface area (Å²) in [7, 11) is 1.43. The van der Waals surface area contributed by atoms with Gasteiger partial charge in [-0.15, -0.1) is 0 Å². The Bertz CT molecular complexity index is 639. The molecule has 7 heteroatoms. The van der Waals surface area contributed by atoms with Gasteiger partial charge in [-0.2, -0.15) is 0 Å². The van der Waals surface area contributed by atoms with Gasteiger partial charge in [-0.25, -0.2) is 0 Å². The van der Waals surface area contributed by atoms with Gasteiger partial charge in [-0.05, 0) is 50.3 Å². The molecule has 7 nitrogen and oxygen atoms in total. The molecule has 0 N–H and O–H groups in total. The molecule has 0 bridgehead atoms. The fourth-order valence-electron chi connectivity index (χ4n) is 4.26. The minimum absolute atomic E-state index is 0.142. The zero-order chi connectivity index (χ0) is 20.5. The lowest BCUT2D eigenvalue weighted by Gasteiger charge is -2.36. The van der Waals surface area contributed by atoms with E-state index in [0.29, 0.717) is 18.8 Å². The molecule has 0 aromatic carbocycles. The van der Waals surface area contributed by atoms with Crippen LogP contribution in [0.1, 0.15) is 38.5 Å². The Morgan fingerprint density at radius 2 is 1.72 bits per heavy atom. The Morgan fingerprint density at radius 3 is 2.38 bits per heavy atom. The number of aromatic nitrogens is 1. The second-order valence-electron chi connectivity index (χ2n) is 8.10. The monoisotopic (exact) mass is 402 g/mol. The molecule has 3 heterocycles. The highest BCUT2D eigenvalue weighted by Gasteiger charge is 2.24. The first-order chi connectivity index (χ1) is 14.2. The standard InChI is InChI=1S/C22H34N4O3/c1-29-22(28)18-19-7-12-26(13-8-19)21(27)4-2-3-11-24-14-16-25(17-15-24)20-5-9-23-10-6-20/h5-6,9-10,19H,2-4,7-8,11-18H2,1H3. The molecule has 0 radical (unpaired) electrons. The summed E-state index contributed by atoms with van der Waals surface area (Å²) in [5, 5.41) is 0. The molecule has 2 fully saturated rings. The molecule has 2 aliphatic rings. The van der Waals surface area contributed by atoms with Crippen LogP contribution in [0.4, 0.5) is 5.69 Å². The number of piperazine rings is 1. The first kappa shape index (κ1) is 21.6. The molecule has 0 spiro atoms. The van der Waals surface area contributed by atoms with Gasteiger partial charge in [0.05, 0.1) is 7.11 Å². The highest BCUT2D eigenvalue weighted by molar-refractivity contribution is 5.76. The summed E-state index contributed by atoms with van der Waals surface area (Å²) in [6.07, 6.45) is 8.64. The van der Waals surface area contributed by atoms with Crippen LogP contribution in [0.2, 0.25) is 0 Å². The largest absolute Gasteiger partial charge is 0.469 e. The Hall–Kier alpha value is -2.15. The van der Waals surface area contributed by atoms with Crippen LogP contribution >= 0.6 is 0 Å². The molecule has 2 aliphatic heterocycles. The number of carbonyl (C=O) groups excluding carboxylic acids is 2. The minimum Gasteiger partial charge on any atom is -0.469 e. The topological polar surface area (TPSA) is 66.0 Å². The van der Waals surface area contributed by atoms with E-state index in [2.05, 4.69) is 26.9 Å². The van der Waals surface area contributed by atoms with Crippen LogP contribution in [0, 0.1) is 5.92 Å². The minimum atomic E-state index is -0.142. The van der Waals surface area contributed by atoms with Crippen molar-refractivity contribution < 1.29 is 14.3 Å². The second kappa shape index (κ2) is 11.1. The van der Waals surface area contributed by atoms with Gasteiger partial charge in [-0.3, -0.25) is 19.5 Å². The van der Waals surface area contributed by atoms with Crippen molar-refractivity contribution in [3.05, 3.63) is 24.5 Å². The van der Waals surface area contributed by atoms with Gasteiger partial charge < -0.3 is 14.5 Å². The molecule has 0 atom stereocenters. The number of hydrogen-bond acceptors (Lipinski definition) is 6. The Kier molecular flexibility index (Phi) is 8.28. The van der Waals surface area contributed by atoms with E-state index in [1.165, 1.54) is 12.8 Å². The number of carbonyl (C=O) groups is 2. The predicted octanol–water partition coefficient (Wildman–Crippen LogP) is 2.18. The summed E-state index contributed by atoms with van der Waals surface area (Å²) in [4.78, 5) is 34.8. The van der Waals surface area contributed by atoms with E-state index >= 15 is 0 Å². The van der Waals surface area contributed by atoms with E-state index in [4.69, 9.17) is 4.74 Å². The van der Waals surface area contributed by atoms with Crippen LogP contribution in [0.3, 0.4) is 0 Å². The van der Waals surface area contributed by atoms with Crippen molar-refractivity contribution >= 4 is 17.6 Å². The van der Waals surface area contributed by atoms with E-state index in [9.17, 15) is 9.59 Å². The van der Waals surface area contributed by atoms with Crippen LogP contribution in [0.25, 0.3) is 0 Å². The quantitative estimate of drug-likeness (QED) is 0.491. The molecule has 0 aliphatic carbocycles. The van der Waals surface area contributed by atoms with Crippen LogP contribution in [0.5, 0.6) is 0 Å². The molecular weight excluding hydrogens is 368 g/mol. The number of hydrogen-bond donors (Lipinski definition) is 0. The lowest BCUT2D eigenvalue weighted by molar-refractivity contribution is -0.142. The maximum atomic E-state index is 12.4. The van der Waals surface area contributed by atoms with Crippen LogP contribution < -0.4 is 4.90 Å². The van der Waals surface area contributed by atoms with Gasteiger partial charge in [0, 0.05) is 70.2 Å². The molecule has 1 amide bonds. The first-order valence-electron chi connectivity index (χ1n) is 10.9. The average molecular weight is 403 g/mol. The lowest BCUT2D eigenvalue weighted by Crippen LogP contribution is -2.46. The zero-order valence-corrected chi connectivity index (χ0v) is 17.6. The van der Waals surface area contributed by atoms with Gasteiger partial charge in [0.1, 0.15) is 0 Å². The van der Waals surface area contributed by atoms with Gasteiger partial charge in [-0.1, -0.05) is 0 Å². The maximum Gasteiger partial charge on any atom is 0.305 e. The molecule has 3 rings (SSSR count). The number of ether oxygens (including phenoxy) is 1. The number of piperidine rings is 1. The smallest absolute Gasteiger partial charge is 0.305 e. The van der Waals surface area contributed by atoms with E-state index in [-0.39, 0.29) is 11.9 Å². The van der Waals surface area contributed by atoms with E-state index in [0.717, 1.165) is 71.5 Å². The summed E-state index contributed by atoms with van der Waals surface area (Å²) < 4.78 is 4.74. The molecule has 0 saturated carbocycles. The average Bonchev–Trinajstić information content (AvgIpc) is 2.78. The van der Waals surface area contributed by atoms with E-state index in [1.807, 2.05) is 17.3 Å². The van der Waals surface area contributed by atoms with Crippen molar-refractivity contribution in [1.29, 1.82) is 0 Å². The number of likely N-dealkylation sites (tertiary alicyclic amines) is 1. The number of amides is 1.